The minimum atomic E-state index is 0.124. The molecule has 2 rings (SSSR count). The molecule has 0 spiro atoms. The van der Waals surface area contributed by atoms with E-state index in [9.17, 15) is 5.11 Å². The van der Waals surface area contributed by atoms with Gasteiger partial charge >= 0.3 is 0 Å². The lowest BCUT2D eigenvalue weighted by Crippen LogP contribution is -1.94. The van der Waals surface area contributed by atoms with E-state index in [2.05, 4.69) is 39.9 Å². The molecule has 6 heteroatoms. The maximum absolute atomic E-state index is 9.85. The summed E-state index contributed by atoms with van der Waals surface area (Å²) in [7, 11) is 0. The fraction of sp³-hybridized carbons (Fsp3) is 0.385. The van der Waals surface area contributed by atoms with Gasteiger partial charge in [0, 0.05) is 9.72 Å². The van der Waals surface area contributed by atoms with E-state index in [1.807, 2.05) is 6.07 Å². The van der Waals surface area contributed by atoms with Gasteiger partial charge in [0.15, 0.2) is 5.82 Å². The number of aromatic hydroxyl groups is 1. The first-order chi connectivity index (χ1) is 9.10. The van der Waals surface area contributed by atoms with E-state index < -0.39 is 0 Å². The second-order valence-corrected chi connectivity index (χ2v) is 6.55. The lowest BCUT2D eigenvalue weighted by atomic mass is 10.2. The molecule has 19 heavy (non-hydrogen) atoms. The van der Waals surface area contributed by atoms with Crippen LogP contribution in [0.5, 0.6) is 5.75 Å². The first-order valence-electron chi connectivity index (χ1n) is 6.03. The fourth-order valence-corrected chi connectivity index (χ4v) is 2.58. The van der Waals surface area contributed by atoms with Crippen molar-refractivity contribution in [2.24, 2.45) is 0 Å². The molecule has 0 radical (unpaired) electrons. The van der Waals surface area contributed by atoms with Crippen LogP contribution in [0.1, 0.15) is 26.1 Å². The standard InChI is InChI=1S/C13H15BrN2O2S/c1-3-8(2)19-7-12-15-13(18-16-12)10-5-4-9(14)6-11(10)17/h4-6,8,17H,3,7H2,1-2H3. The minimum absolute atomic E-state index is 0.124. The van der Waals surface area contributed by atoms with Crippen LogP contribution in [0, 0.1) is 0 Å². The summed E-state index contributed by atoms with van der Waals surface area (Å²) in [6.07, 6.45) is 1.11. The monoisotopic (exact) mass is 342 g/mol. The molecule has 0 fully saturated rings. The second-order valence-electron chi connectivity index (χ2n) is 4.21. The Morgan fingerprint density at radius 2 is 2.26 bits per heavy atom. The summed E-state index contributed by atoms with van der Waals surface area (Å²) in [6, 6.07) is 5.18. The molecule has 2 aromatic rings. The summed E-state index contributed by atoms with van der Waals surface area (Å²) in [5.41, 5.74) is 0.551. The molecule has 0 saturated carbocycles. The average Bonchev–Trinajstić information content (AvgIpc) is 2.84. The SMILES string of the molecule is CCC(C)SCc1noc(-c2ccc(Br)cc2O)n1. The molecule has 1 aromatic carbocycles. The number of hydrogen-bond acceptors (Lipinski definition) is 5. The number of thioether (sulfide) groups is 1. The Kier molecular flexibility index (Phi) is 4.87. The van der Waals surface area contributed by atoms with Gasteiger partial charge in [-0.2, -0.15) is 16.7 Å². The molecule has 0 bridgehead atoms. The normalized spacial score (nSPS) is 12.6. The number of nitrogens with zero attached hydrogens (tertiary/aromatic N) is 2. The Morgan fingerprint density at radius 3 is 2.95 bits per heavy atom. The number of phenolic OH excluding ortho intramolecular Hbond substituents is 1. The first-order valence-corrected chi connectivity index (χ1v) is 7.87. The molecule has 1 heterocycles. The Morgan fingerprint density at radius 1 is 1.47 bits per heavy atom. The summed E-state index contributed by atoms with van der Waals surface area (Å²) in [5.74, 6) is 1.85. The highest BCUT2D eigenvalue weighted by molar-refractivity contribution is 9.10. The number of benzene rings is 1. The van der Waals surface area contributed by atoms with E-state index in [1.165, 1.54) is 0 Å². The van der Waals surface area contributed by atoms with Crippen LogP contribution in [0.4, 0.5) is 0 Å². The molecule has 0 aliphatic carbocycles. The van der Waals surface area contributed by atoms with Gasteiger partial charge < -0.3 is 9.63 Å². The van der Waals surface area contributed by atoms with Gasteiger partial charge in [0.05, 0.1) is 11.3 Å². The van der Waals surface area contributed by atoms with E-state index in [1.54, 1.807) is 23.9 Å². The number of halogens is 1. The highest BCUT2D eigenvalue weighted by atomic mass is 79.9. The van der Waals surface area contributed by atoms with Crippen molar-refractivity contribution in [3.05, 3.63) is 28.5 Å². The number of aromatic nitrogens is 2. The van der Waals surface area contributed by atoms with Gasteiger partial charge in [0.1, 0.15) is 5.75 Å². The Hall–Kier alpha value is -1.01. The molecule has 1 atom stereocenters. The van der Waals surface area contributed by atoms with E-state index in [4.69, 9.17) is 4.52 Å². The highest BCUT2D eigenvalue weighted by Crippen LogP contribution is 2.31. The number of hydrogen-bond donors (Lipinski definition) is 1. The third-order valence-electron chi connectivity index (χ3n) is 2.73. The van der Waals surface area contributed by atoms with Gasteiger partial charge in [-0.05, 0) is 24.6 Å². The minimum Gasteiger partial charge on any atom is -0.507 e. The molecule has 1 N–H and O–H groups in total. The van der Waals surface area contributed by atoms with E-state index in [-0.39, 0.29) is 5.75 Å². The van der Waals surface area contributed by atoms with Crippen molar-refractivity contribution < 1.29 is 9.63 Å². The zero-order valence-corrected chi connectivity index (χ0v) is 13.2. The number of rotatable bonds is 5. The van der Waals surface area contributed by atoms with Crippen molar-refractivity contribution in [3.8, 4) is 17.2 Å². The van der Waals surface area contributed by atoms with E-state index in [0.29, 0.717) is 22.5 Å². The largest absolute Gasteiger partial charge is 0.507 e. The average molecular weight is 343 g/mol. The van der Waals surface area contributed by atoms with Crippen LogP contribution in [0.25, 0.3) is 11.5 Å². The quantitative estimate of drug-likeness (QED) is 0.880. The molecule has 0 amide bonds. The van der Waals surface area contributed by atoms with Crippen LogP contribution in [-0.2, 0) is 5.75 Å². The van der Waals surface area contributed by atoms with Crippen LogP contribution in [-0.4, -0.2) is 20.5 Å². The summed E-state index contributed by atoms with van der Waals surface area (Å²) >= 11 is 5.08. The summed E-state index contributed by atoms with van der Waals surface area (Å²) < 4.78 is 5.99. The summed E-state index contributed by atoms with van der Waals surface area (Å²) in [6.45, 7) is 4.32. The zero-order valence-electron chi connectivity index (χ0n) is 10.8. The molecular weight excluding hydrogens is 328 g/mol. The van der Waals surface area contributed by atoms with Gasteiger partial charge in [-0.3, -0.25) is 0 Å². The predicted octanol–water partition coefficient (Wildman–Crippen LogP) is 4.24. The molecule has 4 nitrogen and oxygen atoms in total. The van der Waals surface area contributed by atoms with Crippen LogP contribution in [0.15, 0.2) is 27.2 Å². The molecule has 0 saturated heterocycles. The Labute approximate surface area is 124 Å². The van der Waals surface area contributed by atoms with Crippen molar-refractivity contribution in [1.82, 2.24) is 10.1 Å². The van der Waals surface area contributed by atoms with Crippen molar-refractivity contribution in [1.29, 1.82) is 0 Å². The Bertz CT molecular complexity index is 559. The van der Waals surface area contributed by atoms with Crippen molar-refractivity contribution in [3.63, 3.8) is 0 Å². The van der Waals surface area contributed by atoms with E-state index in [0.717, 1.165) is 16.6 Å². The maximum Gasteiger partial charge on any atom is 0.261 e. The van der Waals surface area contributed by atoms with Gasteiger partial charge in [0.25, 0.3) is 5.89 Å². The van der Waals surface area contributed by atoms with Crippen LogP contribution in [0.3, 0.4) is 0 Å². The maximum atomic E-state index is 9.85. The van der Waals surface area contributed by atoms with Gasteiger partial charge in [-0.15, -0.1) is 0 Å². The van der Waals surface area contributed by atoms with Gasteiger partial charge in [0.2, 0.25) is 0 Å². The van der Waals surface area contributed by atoms with Crippen LogP contribution >= 0.6 is 27.7 Å². The van der Waals surface area contributed by atoms with Crippen molar-refractivity contribution in [2.45, 2.75) is 31.3 Å². The topological polar surface area (TPSA) is 59.2 Å². The number of phenols is 1. The zero-order chi connectivity index (χ0) is 13.8. The Balaban J connectivity index is 2.12. The van der Waals surface area contributed by atoms with Gasteiger partial charge in [-0.1, -0.05) is 34.9 Å². The lowest BCUT2D eigenvalue weighted by Gasteiger charge is -2.04. The smallest absolute Gasteiger partial charge is 0.261 e. The van der Waals surface area contributed by atoms with Gasteiger partial charge in [-0.25, -0.2) is 0 Å². The molecule has 102 valence electrons. The third kappa shape index (κ3) is 3.73. The molecule has 1 unspecified atom stereocenters. The molecular formula is C13H15BrN2O2S. The van der Waals surface area contributed by atoms with Crippen molar-refractivity contribution in [2.75, 3.05) is 0 Å². The molecule has 1 aromatic heterocycles. The molecule has 0 aliphatic rings. The van der Waals surface area contributed by atoms with Crippen molar-refractivity contribution >= 4 is 27.7 Å². The first kappa shape index (κ1) is 14.4. The predicted molar refractivity (Wildman–Crippen MR) is 80.1 cm³/mol. The summed E-state index contributed by atoms with van der Waals surface area (Å²) in [4.78, 5) is 4.30. The fourth-order valence-electron chi connectivity index (χ4n) is 1.44. The highest BCUT2D eigenvalue weighted by Gasteiger charge is 2.13. The second kappa shape index (κ2) is 6.43. The third-order valence-corrected chi connectivity index (χ3v) is 4.55. The lowest BCUT2D eigenvalue weighted by molar-refractivity contribution is 0.419. The van der Waals surface area contributed by atoms with Crippen LogP contribution in [0.2, 0.25) is 0 Å². The van der Waals surface area contributed by atoms with E-state index >= 15 is 0 Å². The molecule has 0 aliphatic heterocycles. The summed E-state index contributed by atoms with van der Waals surface area (Å²) in [5, 5.41) is 14.4. The van der Waals surface area contributed by atoms with Crippen LogP contribution < -0.4 is 0 Å².